The van der Waals surface area contributed by atoms with Gasteiger partial charge in [-0.25, -0.2) is 14.5 Å². The van der Waals surface area contributed by atoms with Crippen LogP contribution in [0.4, 0.5) is 9.59 Å². The van der Waals surface area contributed by atoms with Crippen molar-refractivity contribution in [1.29, 1.82) is 0 Å². The second-order valence-electron chi connectivity index (χ2n) is 5.96. The molecule has 30 heavy (non-hydrogen) atoms. The Morgan fingerprint density at radius 3 is 2.10 bits per heavy atom. The number of terminal acetylenes is 1. The number of nitrogens with zero attached hydrogens (tertiary/aromatic N) is 2. The largest absolute Gasteiger partial charge is 0.444 e. The average Bonchev–Trinajstić information content (AvgIpc) is 2.77. The third-order valence-electron chi connectivity index (χ3n) is 3.76. The Bertz CT molecular complexity index is 879. The smallest absolute Gasteiger partial charge is 0.437 e. The Balaban J connectivity index is 1.97. The van der Waals surface area contributed by atoms with Crippen molar-refractivity contribution in [1.82, 2.24) is 4.90 Å². The molecule has 2 aromatic carbocycles. The Labute approximate surface area is 175 Å². The summed E-state index contributed by atoms with van der Waals surface area (Å²) in [6, 6.07) is 18.2. The molecule has 2 rings (SSSR count). The highest BCUT2D eigenvalue weighted by atomic mass is 16.6. The van der Waals surface area contributed by atoms with Crippen LogP contribution in [0.15, 0.2) is 65.7 Å². The fourth-order valence-electron chi connectivity index (χ4n) is 2.29. The van der Waals surface area contributed by atoms with E-state index < -0.39 is 12.2 Å². The van der Waals surface area contributed by atoms with Crippen LogP contribution in [0.3, 0.4) is 0 Å². The second kappa shape index (κ2) is 12.6. The molecule has 0 bridgehead atoms. The third kappa shape index (κ3) is 8.04. The number of aliphatic imine (C=N–C) groups is 1. The van der Waals surface area contributed by atoms with Gasteiger partial charge in [0.05, 0.1) is 13.2 Å². The number of hydrogen-bond donors (Lipinski definition) is 1. The van der Waals surface area contributed by atoms with Crippen LogP contribution in [0, 0.1) is 12.3 Å². The second-order valence-corrected chi connectivity index (χ2v) is 5.96. The Morgan fingerprint density at radius 2 is 1.53 bits per heavy atom. The molecule has 0 heterocycles. The van der Waals surface area contributed by atoms with Crippen molar-refractivity contribution in [3.8, 4) is 12.3 Å². The van der Waals surface area contributed by atoms with E-state index in [1.165, 1.54) is 0 Å². The van der Waals surface area contributed by atoms with Crippen LogP contribution in [0.2, 0.25) is 0 Å². The normalized spacial score (nSPS) is 10.7. The van der Waals surface area contributed by atoms with Gasteiger partial charge in [-0.15, -0.1) is 11.4 Å². The van der Waals surface area contributed by atoms with E-state index in [2.05, 4.69) is 10.9 Å². The zero-order valence-electron chi connectivity index (χ0n) is 16.4. The van der Waals surface area contributed by atoms with Crippen molar-refractivity contribution in [2.75, 3.05) is 19.8 Å². The minimum atomic E-state index is -0.929. The van der Waals surface area contributed by atoms with E-state index in [0.29, 0.717) is 0 Å². The van der Waals surface area contributed by atoms with Gasteiger partial charge in [0.25, 0.3) is 0 Å². The zero-order chi connectivity index (χ0) is 21.6. The van der Waals surface area contributed by atoms with E-state index in [0.717, 1.165) is 16.0 Å². The van der Waals surface area contributed by atoms with Crippen LogP contribution >= 0.6 is 0 Å². The number of guanidine groups is 1. The molecule has 0 aromatic heterocycles. The Kier molecular flexibility index (Phi) is 9.43. The van der Waals surface area contributed by atoms with Crippen molar-refractivity contribution in [2.24, 2.45) is 10.7 Å². The maximum absolute atomic E-state index is 12.5. The summed E-state index contributed by atoms with van der Waals surface area (Å²) >= 11 is 0. The van der Waals surface area contributed by atoms with Crippen molar-refractivity contribution < 1.29 is 23.8 Å². The first kappa shape index (κ1) is 22.5. The summed E-state index contributed by atoms with van der Waals surface area (Å²) in [5.74, 6) is 1.95. The average molecular weight is 409 g/mol. The molecule has 2 N–H and O–H groups in total. The molecule has 2 aromatic rings. The molecule has 0 saturated heterocycles. The molecule has 2 amide bonds. The van der Waals surface area contributed by atoms with Crippen molar-refractivity contribution in [2.45, 2.75) is 13.2 Å². The lowest BCUT2D eigenvalue weighted by Crippen LogP contribution is -2.44. The summed E-state index contributed by atoms with van der Waals surface area (Å²) in [6.07, 6.45) is 3.43. The summed E-state index contributed by atoms with van der Waals surface area (Å²) in [5.41, 5.74) is 7.44. The number of hydrogen-bond acceptors (Lipinski definition) is 5. The van der Waals surface area contributed by atoms with Crippen LogP contribution < -0.4 is 5.73 Å². The molecule has 0 aliphatic heterocycles. The van der Waals surface area contributed by atoms with E-state index >= 15 is 0 Å². The van der Waals surface area contributed by atoms with Crippen LogP contribution in [0.1, 0.15) is 11.1 Å². The zero-order valence-corrected chi connectivity index (χ0v) is 16.4. The third-order valence-corrected chi connectivity index (χ3v) is 3.76. The number of benzene rings is 2. The van der Waals surface area contributed by atoms with E-state index in [1.807, 2.05) is 48.5 Å². The number of ether oxygens (including phenoxy) is 3. The van der Waals surface area contributed by atoms with Gasteiger partial charge in [0.15, 0.2) is 0 Å². The van der Waals surface area contributed by atoms with Gasteiger partial charge in [-0.05, 0) is 11.1 Å². The quantitative estimate of drug-likeness (QED) is 0.311. The molecule has 8 nitrogen and oxygen atoms in total. The maximum Gasteiger partial charge on any atom is 0.437 e. The molecule has 8 heteroatoms. The molecular weight excluding hydrogens is 386 g/mol. The number of amides is 2. The number of nitrogens with two attached hydrogens (primary N) is 1. The van der Waals surface area contributed by atoms with Crippen molar-refractivity contribution >= 4 is 18.1 Å². The highest BCUT2D eigenvalue weighted by Gasteiger charge is 2.20. The highest BCUT2D eigenvalue weighted by molar-refractivity contribution is 5.97. The summed E-state index contributed by atoms with van der Waals surface area (Å²) in [6.45, 7) is 0.215. The van der Waals surface area contributed by atoms with E-state index in [1.54, 1.807) is 12.1 Å². The maximum atomic E-state index is 12.5. The first-order chi connectivity index (χ1) is 14.6. The summed E-state index contributed by atoms with van der Waals surface area (Å²) in [5, 5.41) is 0. The molecule has 0 saturated carbocycles. The topological polar surface area (TPSA) is 103 Å². The van der Waals surface area contributed by atoms with Crippen molar-refractivity contribution in [3.05, 3.63) is 71.8 Å². The molecule has 156 valence electrons. The molecule has 0 aliphatic rings. The summed E-state index contributed by atoms with van der Waals surface area (Å²) in [4.78, 5) is 29.1. The van der Waals surface area contributed by atoms with Crippen LogP contribution in [0.5, 0.6) is 0 Å². The molecule has 0 aliphatic carbocycles. The van der Waals surface area contributed by atoms with E-state index in [4.69, 9.17) is 26.4 Å². The van der Waals surface area contributed by atoms with E-state index in [9.17, 15) is 9.59 Å². The SMILES string of the molecule is C#CCOCCN(C(=O)OCc1ccccc1)C(N)=NC(=O)OCc1ccccc1. The van der Waals surface area contributed by atoms with Gasteiger partial charge in [0.1, 0.15) is 19.8 Å². The predicted octanol–water partition coefficient (Wildman–Crippen LogP) is 2.93. The van der Waals surface area contributed by atoms with Gasteiger partial charge in [0.2, 0.25) is 5.96 Å². The first-order valence-corrected chi connectivity index (χ1v) is 9.14. The van der Waals surface area contributed by atoms with Crippen LogP contribution in [0.25, 0.3) is 0 Å². The van der Waals surface area contributed by atoms with Crippen LogP contribution in [-0.4, -0.2) is 42.8 Å². The van der Waals surface area contributed by atoms with Gasteiger partial charge in [-0.2, -0.15) is 0 Å². The van der Waals surface area contributed by atoms with E-state index in [-0.39, 0.29) is 38.9 Å². The van der Waals surface area contributed by atoms with Gasteiger partial charge in [0, 0.05) is 0 Å². The summed E-state index contributed by atoms with van der Waals surface area (Å²) < 4.78 is 15.5. The highest BCUT2D eigenvalue weighted by Crippen LogP contribution is 2.05. The number of carbonyl (C=O) groups is 2. The van der Waals surface area contributed by atoms with Gasteiger partial charge in [-0.1, -0.05) is 66.6 Å². The lowest BCUT2D eigenvalue weighted by molar-refractivity contribution is 0.0995. The lowest BCUT2D eigenvalue weighted by Gasteiger charge is -2.20. The van der Waals surface area contributed by atoms with Crippen molar-refractivity contribution in [3.63, 3.8) is 0 Å². The van der Waals surface area contributed by atoms with Crippen LogP contribution in [-0.2, 0) is 27.4 Å². The molecular formula is C22H23N3O5. The Morgan fingerprint density at radius 1 is 0.967 bits per heavy atom. The fourth-order valence-corrected chi connectivity index (χ4v) is 2.29. The van der Waals surface area contributed by atoms with Gasteiger partial charge < -0.3 is 19.9 Å². The molecule has 0 radical (unpaired) electrons. The number of rotatable bonds is 8. The summed E-state index contributed by atoms with van der Waals surface area (Å²) in [7, 11) is 0. The minimum Gasteiger partial charge on any atom is -0.444 e. The fraction of sp³-hybridized carbons (Fsp3) is 0.227. The lowest BCUT2D eigenvalue weighted by atomic mass is 10.2. The molecule has 0 fully saturated rings. The predicted molar refractivity (Wildman–Crippen MR) is 111 cm³/mol. The van der Waals surface area contributed by atoms with Gasteiger partial charge in [-0.3, -0.25) is 0 Å². The molecule has 0 atom stereocenters. The number of carbonyl (C=O) groups excluding carboxylic acids is 2. The Hall–Kier alpha value is -3.83. The molecule has 0 unspecified atom stereocenters. The van der Waals surface area contributed by atoms with Gasteiger partial charge >= 0.3 is 12.2 Å². The minimum absolute atomic E-state index is 0.00337. The molecule has 0 spiro atoms. The first-order valence-electron chi connectivity index (χ1n) is 9.14. The standard InChI is InChI=1S/C22H23N3O5/c1-2-14-28-15-13-25(22(27)30-17-19-11-7-4-8-12-19)20(23)24-21(26)29-16-18-9-5-3-6-10-18/h1,3-12H,13-17H2,(H2,23,24,26). The monoisotopic (exact) mass is 409 g/mol.